The topological polar surface area (TPSA) is 26.3 Å². The van der Waals surface area contributed by atoms with E-state index in [0.29, 0.717) is 22.1 Å². The van der Waals surface area contributed by atoms with Crippen molar-refractivity contribution in [3.05, 3.63) is 56.5 Å². The van der Waals surface area contributed by atoms with Crippen molar-refractivity contribution in [2.75, 3.05) is 0 Å². The monoisotopic (exact) mass is 338 g/mol. The summed E-state index contributed by atoms with van der Waals surface area (Å²) in [5.74, 6) is 1.05. The zero-order chi connectivity index (χ0) is 14.0. The van der Waals surface area contributed by atoms with Gasteiger partial charge in [0.15, 0.2) is 12.0 Å². The van der Waals surface area contributed by atoms with Crippen LogP contribution >= 0.6 is 27.5 Å². The summed E-state index contributed by atoms with van der Waals surface area (Å²) in [7, 11) is 0. The Morgan fingerprint density at radius 3 is 2.42 bits per heavy atom. The molecule has 2 aromatic carbocycles. The largest absolute Gasteiger partial charge is 0.455 e. The number of ether oxygens (including phenoxy) is 1. The number of halogens is 2. The molecule has 2 rings (SSSR count). The molecule has 98 valence electrons. The van der Waals surface area contributed by atoms with Crippen LogP contribution in [-0.2, 0) is 0 Å². The van der Waals surface area contributed by atoms with E-state index in [4.69, 9.17) is 16.3 Å². The van der Waals surface area contributed by atoms with E-state index in [1.54, 1.807) is 18.2 Å². The summed E-state index contributed by atoms with van der Waals surface area (Å²) in [5.41, 5.74) is 2.56. The third kappa shape index (κ3) is 2.99. The minimum absolute atomic E-state index is 0.389. The van der Waals surface area contributed by atoms with E-state index in [-0.39, 0.29) is 0 Å². The normalized spacial score (nSPS) is 10.3. The van der Waals surface area contributed by atoms with Crippen LogP contribution in [0.5, 0.6) is 11.5 Å². The molecular formula is C15H12BrClO2. The predicted molar refractivity (Wildman–Crippen MR) is 80.5 cm³/mol. The molecule has 19 heavy (non-hydrogen) atoms. The van der Waals surface area contributed by atoms with Crippen LogP contribution in [0.2, 0.25) is 5.02 Å². The molecule has 0 saturated heterocycles. The van der Waals surface area contributed by atoms with Gasteiger partial charge in [-0.05, 0) is 49.2 Å². The van der Waals surface area contributed by atoms with Gasteiger partial charge in [-0.25, -0.2) is 0 Å². The predicted octanol–water partition coefficient (Wildman–Crippen LogP) is 5.32. The molecule has 4 heteroatoms. The second kappa shape index (κ2) is 5.76. The summed E-state index contributed by atoms with van der Waals surface area (Å²) in [6.45, 7) is 3.97. The summed E-state index contributed by atoms with van der Waals surface area (Å²) in [6.07, 6.45) is 0.736. The van der Waals surface area contributed by atoms with Crippen molar-refractivity contribution in [3.63, 3.8) is 0 Å². The van der Waals surface area contributed by atoms with Crippen molar-refractivity contribution in [1.82, 2.24) is 0 Å². The minimum Gasteiger partial charge on any atom is -0.455 e. The Hall–Kier alpha value is -1.32. The standard InChI is InChI=1S/C15H12BrClO2/c1-9-6-12(7-10(2)14(9)16)19-15-11(8-18)4-3-5-13(15)17/h3-8H,1-2H3. The third-order valence-electron chi connectivity index (χ3n) is 2.75. The average molecular weight is 340 g/mol. The lowest BCUT2D eigenvalue weighted by Crippen LogP contribution is -1.93. The van der Waals surface area contributed by atoms with E-state index in [9.17, 15) is 4.79 Å². The molecule has 0 radical (unpaired) electrons. The van der Waals surface area contributed by atoms with E-state index in [2.05, 4.69) is 15.9 Å². The molecule has 0 aliphatic carbocycles. The van der Waals surface area contributed by atoms with Crippen molar-refractivity contribution < 1.29 is 9.53 Å². The number of aryl methyl sites for hydroxylation is 2. The van der Waals surface area contributed by atoms with Crippen LogP contribution in [0.15, 0.2) is 34.8 Å². The van der Waals surface area contributed by atoms with Gasteiger partial charge in [-0.1, -0.05) is 33.6 Å². The Balaban J connectivity index is 2.44. The van der Waals surface area contributed by atoms with E-state index in [0.717, 1.165) is 21.9 Å². The number of carbonyl (C=O) groups is 1. The van der Waals surface area contributed by atoms with Crippen molar-refractivity contribution in [3.8, 4) is 11.5 Å². The lowest BCUT2D eigenvalue weighted by atomic mass is 10.1. The van der Waals surface area contributed by atoms with E-state index < -0.39 is 0 Å². The van der Waals surface area contributed by atoms with Gasteiger partial charge < -0.3 is 4.74 Å². The van der Waals surface area contributed by atoms with Crippen LogP contribution in [-0.4, -0.2) is 6.29 Å². The fourth-order valence-corrected chi connectivity index (χ4v) is 2.26. The van der Waals surface area contributed by atoms with Crippen LogP contribution in [0.25, 0.3) is 0 Å². The maximum Gasteiger partial charge on any atom is 0.156 e. The van der Waals surface area contributed by atoms with Gasteiger partial charge in [-0.2, -0.15) is 0 Å². The Morgan fingerprint density at radius 1 is 1.21 bits per heavy atom. The summed E-state index contributed by atoms with van der Waals surface area (Å²) < 4.78 is 6.81. The number of aldehydes is 1. The second-order valence-electron chi connectivity index (χ2n) is 4.25. The number of para-hydroxylation sites is 1. The Bertz CT molecular complexity index is 615. The minimum atomic E-state index is 0.389. The quantitative estimate of drug-likeness (QED) is 0.707. The maximum absolute atomic E-state index is 11.0. The molecule has 0 amide bonds. The Morgan fingerprint density at radius 2 is 1.84 bits per heavy atom. The molecule has 0 spiro atoms. The van der Waals surface area contributed by atoms with Crippen LogP contribution in [0, 0.1) is 13.8 Å². The van der Waals surface area contributed by atoms with Crippen LogP contribution in [0.3, 0.4) is 0 Å². The van der Waals surface area contributed by atoms with Gasteiger partial charge in [-0.3, -0.25) is 4.79 Å². The molecule has 2 aromatic rings. The smallest absolute Gasteiger partial charge is 0.156 e. The average Bonchev–Trinajstić information content (AvgIpc) is 2.38. The lowest BCUT2D eigenvalue weighted by molar-refractivity contribution is 0.112. The van der Waals surface area contributed by atoms with Crippen LogP contribution in [0.1, 0.15) is 21.5 Å². The molecule has 0 aromatic heterocycles. The lowest BCUT2D eigenvalue weighted by Gasteiger charge is -2.12. The first kappa shape index (κ1) is 14.1. The summed E-state index contributed by atoms with van der Waals surface area (Å²) in [6, 6.07) is 8.89. The molecule has 0 fully saturated rings. The zero-order valence-corrected chi connectivity index (χ0v) is 12.9. The van der Waals surface area contributed by atoms with E-state index in [1.165, 1.54) is 0 Å². The highest BCUT2D eigenvalue weighted by Gasteiger charge is 2.10. The first-order valence-electron chi connectivity index (χ1n) is 5.71. The number of benzene rings is 2. The second-order valence-corrected chi connectivity index (χ2v) is 5.45. The molecule has 0 unspecified atom stereocenters. The molecule has 0 atom stereocenters. The highest BCUT2D eigenvalue weighted by atomic mass is 79.9. The zero-order valence-electron chi connectivity index (χ0n) is 10.5. The molecule has 0 aliphatic heterocycles. The highest BCUT2D eigenvalue weighted by molar-refractivity contribution is 9.10. The molecular weight excluding hydrogens is 328 g/mol. The van der Waals surface area contributed by atoms with Gasteiger partial charge in [-0.15, -0.1) is 0 Å². The fraction of sp³-hybridized carbons (Fsp3) is 0.133. The summed E-state index contributed by atoms with van der Waals surface area (Å²) in [4.78, 5) is 11.0. The molecule has 2 nitrogen and oxygen atoms in total. The number of hydrogen-bond donors (Lipinski definition) is 0. The molecule has 0 N–H and O–H groups in total. The van der Waals surface area contributed by atoms with Crippen molar-refractivity contribution in [2.45, 2.75) is 13.8 Å². The highest BCUT2D eigenvalue weighted by Crippen LogP contribution is 2.34. The van der Waals surface area contributed by atoms with Gasteiger partial charge >= 0.3 is 0 Å². The summed E-state index contributed by atoms with van der Waals surface area (Å²) in [5, 5.41) is 0.419. The first-order valence-corrected chi connectivity index (χ1v) is 6.88. The van der Waals surface area contributed by atoms with Crippen LogP contribution in [0.4, 0.5) is 0 Å². The van der Waals surface area contributed by atoms with Gasteiger partial charge in [0.2, 0.25) is 0 Å². The van der Waals surface area contributed by atoms with E-state index >= 15 is 0 Å². The summed E-state index contributed by atoms with van der Waals surface area (Å²) >= 11 is 9.58. The molecule has 0 saturated carbocycles. The fourth-order valence-electron chi connectivity index (χ4n) is 1.81. The number of carbonyl (C=O) groups excluding carboxylic acids is 1. The maximum atomic E-state index is 11.0. The van der Waals surface area contributed by atoms with Crippen LogP contribution < -0.4 is 4.74 Å². The van der Waals surface area contributed by atoms with Crippen molar-refractivity contribution >= 4 is 33.8 Å². The van der Waals surface area contributed by atoms with Gasteiger partial charge in [0.25, 0.3) is 0 Å². The molecule has 0 aliphatic rings. The third-order valence-corrected chi connectivity index (χ3v) is 4.30. The molecule has 0 heterocycles. The SMILES string of the molecule is Cc1cc(Oc2c(Cl)cccc2C=O)cc(C)c1Br. The van der Waals surface area contributed by atoms with Crippen molar-refractivity contribution in [2.24, 2.45) is 0 Å². The number of hydrogen-bond acceptors (Lipinski definition) is 2. The Kier molecular flexibility index (Phi) is 4.27. The van der Waals surface area contributed by atoms with Gasteiger partial charge in [0.1, 0.15) is 5.75 Å². The molecule has 0 bridgehead atoms. The number of rotatable bonds is 3. The van der Waals surface area contributed by atoms with Gasteiger partial charge in [0, 0.05) is 4.47 Å². The van der Waals surface area contributed by atoms with E-state index in [1.807, 2.05) is 26.0 Å². The van der Waals surface area contributed by atoms with Crippen molar-refractivity contribution in [1.29, 1.82) is 0 Å². The van der Waals surface area contributed by atoms with Gasteiger partial charge in [0.05, 0.1) is 10.6 Å². The Labute approximate surface area is 125 Å². The first-order chi connectivity index (χ1) is 9.02.